The lowest BCUT2D eigenvalue weighted by atomic mass is 10.3. The highest BCUT2D eigenvalue weighted by Gasteiger charge is 2.29. The Morgan fingerprint density at radius 1 is 1.26 bits per heavy atom. The topological polar surface area (TPSA) is 66.6 Å². The van der Waals surface area contributed by atoms with Gasteiger partial charge in [-0.05, 0) is 6.92 Å². The van der Waals surface area contributed by atoms with E-state index in [-0.39, 0.29) is 23.9 Å². The van der Waals surface area contributed by atoms with Crippen LogP contribution in [0.1, 0.15) is 5.69 Å². The summed E-state index contributed by atoms with van der Waals surface area (Å²) in [6.07, 6.45) is -4.43. The van der Waals surface area contributed by atoms with E-state index in [0.717, 1.165) is 0 Å². The highest BCUT2D eigenvalue weighted by molar-refractivity contribution is 5.60. The molecular weight excluding hydrogens is 265 g/mol. The molecule has 1 rings (SSSR count). The van der Waals surface area contributed by atoms with E-state index in [9.17, 15) is 13.2 Å². The Hall–Kier alpha value is -1.70. The van der Waals surface area contributed by atoms with Gasteiger partial charge in [0.25, 0.3) is 0 Å². The molecular formula is C11H15F3N2O3. The summed E-state index contributed by atoms with van der Waals surface area (Å²) in [5.74, 6) is -0.0635. The van der Waals surface area contributed by atoms with E-state index in [4.69, 9.17) is 15.2 Å². The minimum atomic E-state index is -4.43. The van der Waals surface area contributed by atoms with E-state index in [1.807, 2.05) is 0 Å². The van der Waals surface area contributed by atoms with Crippen molar-refractivity contribution >= 4 is 5.69 Å². The van der Waals surface area contributed by atoms with E-state index >= 15 is 0 Å². The highest BCUT2D eigenvalue weighted by Crippen LogP contribution is 2.31. The van der Waals surface area contributed by atoms with Gasteiger partial charge < -0.3 is 19.9 Å². The van der Waals surface area contributed by atoms with Gasteiger partial charge in [0.2, 0.25) is 5.88 Å². The minimum Gasteiger partial charge on any atom is -0.482 e. The molecule has 0 atom stereocenters. The van der Waals surface area contributed by atoms with E-state index in [1.54, 1.807) is 6.92 Å². The molecule has 19 heavy (non-hydrogen) atoms. The molecule has 0 aliphatic carbocycles. The lowest BCUT2D eigenvalue weighted by molar-refractivity contribution is -0.153. The molecule has 0 fully saturated rings. The smallest absolute Gasteiger partial charge is 0.422 e. The fraction of sp³-hybridized carbons (Fsp3) is 0.545. The summed E-state index contributed by atoms with van der Waals surface area (Å²) < 4.78 is 50.9. The molecule has 8 heteroatoms. The predicted molar refractivity (Wildman–Crippen MR) is 62.3 cm³/mol. The quantitative estimate of drug-likeness (QED) is 0.807. The molecule has 0 spiro atoms. The molecule has 0 saturated heterocycles. The van der Waals surface area contributed by atoms with Crippen LogP contribution in [0.5, 0.6) is 11.6 Å². The van der Waals surface area contributed by atoms with E-state index in [0.29, 0.717) is 12.3 Å². The van der Waals surface area contributed by atoms with E-state index in [2.05, 4.69) is 9.72 Å². The third-order valence-corrected chi connectivity index (χ3v) is 2.03. The number of ether oxygens (including phenoxy) is 3. The summed E-state index contributed by atoms with van der Waals surface area (Å²) >= 11 is 0. The Labute approximate surface area is 108 Å². The van der Waals surface area contributed by atoms with Crippen molar-refractivity contribution in [2.75, 3.05) is 32.7 Å². The standard InChI is InChI=1S/C11H15F3N2O3/c1-7-5-8(19-6-11(12,13)14)9(15)10(16-7)18-4-3-17-2/h5H,3-4,6,15H2,1-2H3. The molecule has 1 heterocycles. The van der Waals surface area contributed by atoms with Gasteiger partial charge in [-0.3, -0.25) is 0 Å². The second kappa shape index (κ2) is 6.46. The van der Waals surface area contributed by atoms with Gasteiger partial charge in [0.1, 0.15) is 18.0 Å². The first-order chi connectivity index (χ1) is 8.83. The van der Waals surface area contributed by atoms with Crippen molar-refractivity contribution < 1.29 is 27.4 Å². The maximum atomic E-state index is 12.1. The predicted octanol–water partition coefficient (Wildman–Crippen LogP) is 1.94. The molecule has 2 N–H and O–H groups in total. The molecule has 0 aliphatic heterocycles. The molecule has 0 bridgehead atoms. The third kappa shape index (κ3) is 5.21. The van der Waals surface area contributed by atoms with Gasteiger partial charge in [-0.2, -0.15) is 13.2 Å². The zero-order valence-corrected chi connectivity index (χ0v) is 10.6. The van der Waals surface area contributed by atoms with E-state index < -0.39 is 12.8 Å². The summed E-state index contributed by atoms with van der Waals surface area (Å²) in [6, 6.07) is 1.32. The first kappa shape index (κ1) is 15.4. The number of aryl methyl sites for hydroxylation is 1. The average Bonchev–Trinajstić information content (AvgIpc) is 2.30. The summed E-state index contributed by atoms with van der Waals surface area (Å²) in [7, 11) is 1.49. The molecule has 0 aromatic carbocycles. The maximum Gasteiger partial charge on any atom is 0.422 e. The first-order valence-corrected chi connectivity index (χ1v) is 5.42. The monoisotopic (exact) mass is 280 g/mol. The number of halogens is 3. The number of pyridine rings is 1. The number of nitrogens with zero attached hydrogens (tertiary/aromatic N) is 1. The van der Waals surface area contributed by atoms with Crippen LogP contribution in [0, 0.1) is 6.92 Å². The Balaban J connectivity index is 2.81. The van der Waals surface area contributed by atoms with Crippen LogP contribution in [0.15, 0.2) is 6.07 Å². The molecule has 0 saturated carbocycles. The van der Waals surface area contributed by atoms with Crippen LogP contribution in [0.4, 0.5) is 18.9 Å². The third-order valence-electron chi connectivity index (χ3n) is 2.03. The van der Waals surface area contributed by atoms with Crippen molar-refractivity contribution in [1.82, 2.24) is 4.98 Å². The summed E-state index contributed by atoms with van der Waals surface area (Å²) in [6.45, 7) is 0.685. The van der Waals surface area contributed by atoms with Crippen molar-refractivity contribution in [3.63, 3.8) is 0 Å². The molecule has 0 unspecified atom stereocenters. The SMILES string of the molecule is COCCOc1nc(C)cc(OCC(F)(F)F)c1N. The minimum absolute atomic E-state index is 0.0363. The van der Waals surface area contributed by atoms with Crippen LogP contribution in [0.25, 0.3) is 0 Å². The largest absolute Gasteiger partial charge is 0.482 e. The van der Waals surface area contributed by atoms with Gasteiger partial charge in [0.15, 0.2) is 6.61 Å². The maximum absolute atomic E-state index is 12.1. The number of nitrogens with two attached hydrogens (primary N) is 1. The molecule has 0 radical (unpaired) electrons. The van der Waals surface area contributed by atoms with Gasteiger partial charge in [0, 0.05) is 18.9 Å². The van der Waals surface area contributed by atoms with Crippen molar-refractivity contribution in [2.45, 2.75) is 13.1 Å². The van der Waals surface area contributed by atoms with Crippen molar-refractivity contribution in [2.24, 2.45) is 0 Å². The zero-order chi connectivity index (χ0) is 14.5. The van der Waals surface area contributed by atoms with Gasteiger partial charge in [-0.15, -0.1) is 0 Å². The van der Waals surface area contributed by atoms with Crippen LogP contribution < -0.4 is 15.2 Å². The van der Waals surface area contributed by atoms with Crippen LogP contribution in [0.2, 0.25) is 0 Å². The molecule has 0 aliphatic rings. The van der Waals surface area contributed by atoms with Crippen LogP contribution in [0.3, 0.4) is 0 Å². The van der Waals surface area contributed by atoms with Gasteiger partial charge in [0.05, 0.1) is 6.61 Å². The van der Waals surface area contributed by atoms with Gasteiger partial charge in [-0.1, -0.05) is 0 Å². The second-order valence-electron chi connectivity index (χ2n) is 3.73. The number of rotatable bonds is 6. The molecule has 0 amide bonds. The Morgan fingerprint density at radius 2 is 1.95 bits per heavy atom. The molecule has 1 aromatic heterocycles. The van der Waals surface area contributed by atoms with Crippen molar-refractivity contribution in [1.29, 1.82) is 0 Å². The fourth-order valence-corrected chi connectivity index (χ4v) is 1.24. The zero-order valence-electron chi connectivity index (χ0n) is 10.6. The number of hydrogen-bond donors (Lipinski definition) is 1. The summed E-state index contributed by atoms with van der Waals surface area (Å²) in [5, 5.41) is 0. The summed E-state index contributed by atoms with van der Waals surface area (Å²) in [4.78, 5) is 3.99. The lowest BCUT2D eigenvalue weighted by Gasteiger charge is -2.14. The number of anilines is 1. The van der Waals surface area contributed by atoms with Gasteiger partial charge in [-0.25, -0.2) is 4.98 Å². The second-order valence-corrected chi connectivity index (χ2v) is 3.73. The normalized spacial score (nSPS) is 11.4. The van der Waals surface area contributed by atoms with Crippen LogP contribution in [-0.4, -0.2) is 38.1 Å². The van der Waals surface area contributed by atoms with E-state index in [1.165, 1.54) is 13.2 Å². The van der Waals surface area contributed by atoms with Crippen LogP contribution >= 0.6 is 0 Å². The summed E-state index contributed by atoms with van der Waals surface area (Å²) in [5.41, 5.74) is 6.02. The average molecular weight is 280 g/mol. The van der Waals surface area contributed by atoms with Gasteiger partial charge >= 0.3 is 6.18 Å². The van der Waals surface area contributed by atoms with Crippen molar-refractivity contribution in [3.8, 4) is 11.6 Å². The number of nitrogen functional groups attached to an aromatic ring is 1. The Kier molecular flexibility index (Phi) is 5.22. The fourth-order valence-electron chi connectivity index (χ4n) is 1.24. The molecule has 1 aromatic rings. The lowest BCUT2D eigenvalue weighted by Crippen LogP contribution is -2.20. The number of alkyl halides is 3. The molecule has 108 valence electrons. The highest BCUT2D eigenvalue weighted by atomic mass is 19.4. The number of aromatic nitrogens is 1. The number of hydrogen-bond acceptors (Lipinski definition) is 5. The Bertz CT molecular complexity index is 424. The molecule has 5 nitrogen and oxygen atoms in total. The Morgan fingerprint density at radius 3 is 2.53 bits per heavy atom. The van der Waals surface area contributed by atoms with Crippen molar-refractivity contribution in [3.05, 3.63) is 11.8 Å². The van der Waals surface area contributed by atoms with Crippen LogP contribution in [-0.2, 0) is 4.74 Å². The number of methoxy groups -OCH3 is 1. The first-order valence-electron chi connectivity index (χ1n) is 5.42.